The molecule has 3 rings (SSSR count). The third kappa shape index (κ3) is 3.62. The van der Waals surface area contributed by atoms with Crippen LogP contribution in [0.1, 0.15) is 37.2 Å². The Morgan fingerprint density at radius 2 is 1.83 bits per heavy atom. The van der Waals surface area contributed by atoms with Gasteiger partial charge in [0.15, 0.2) is 0 Å². The average molecular weight is 342 g/mol. The van der Waals surface area contributed by atoms with Crippen LogP contribution in [0.15, 0.2) is 6.07 Å². The Morgan fingerprint density at radius 3 is 2.38 bits per heavy atom. The van der Waals surface area contributed by atoms with Gasteiger partial charge in [-0.1, -0.05) is 0 Å². The molecule has 1 amide bonds. The van der Waals surface area contributed by atoms with Gasteiger partial charge in [0.05, 0.1) is 0 Å². The third-order valence-electron chi connectivity index (χ3n) is 4.73. The lowest BCUT2D eigenvalue weighted by Crippen LogP contribution is -2.46. The van der Waals surface area contributed by atoms with Crippen molar-refractivity contribution >= 4 is 11.7 Å². The molecule has 0 unspecified atom stereocenters. The fraction of sp³-hybridized carbons (Fsp3) is 0.688. The van der Waals surface area contributed by atoms with Crippen LogP contribution >= 0.6 is 0 Å². The van der Waals surface area contributed by atoms with E-state index in [4.69, 9.17) is 0 Å². The first-order valence-electron chi connectivity index (χ1n) is 8.20. The quantitative estimate of drug-likeness (QED) is 0.847. The van der Waals surface area contributed by atoms with Crippen molar-refractivity contribution in [1.82, 2.24) is 14.9 Å². The monoisotopic (exact) mass is 342 g/mol. The molecule has 1 aromatic heterocycles. The molecule has 1 aromatic rings. The summed E-state index contributed by atoms with van der Waals surface area (Å²) in [5.41, 5.74) is -0.909. The van der Waals surface area contributed by atoms with Crippen molar-refractivity contribution in [3.63, 3.8) is 0 Å². The van der Waals surface area contributed by atoms with E-state index < -0.39 is 11.9 Å². The molecule has 2 fully saturated rings. The molecular formula is C16H21F3N4O. The van der Waals surface area contributed by atoms with Gasteiger partial charge in [-0.25, -0.2) is 9.97 Å². The highest BCUT2D eigenvalue weighted by molar-refractivity contribution is 5.81. The SMILES string of the molecule is Cc1nc(N2CCC(N(C)C(=O)C3CC3)CC2)cc(C(F)(F)F)n1. The Bertz CT molecular complexity index is 622. The Kier molecular flexibility index (Phi) is 4.40. The number of amides is 1. The van der Waals surface area contributed by atoms with Crippen LogP contribution in [0.25, 0.3) is 0 Å². The number of aromatic nitrogens is 2. The minimum Gasteiger partial charge on any atom is -0.356 e. The average Bonchev–Trinajstić information content (AvgIpc) is 3.37. The summed E-state index contributed by atoms with van der Waals surface area (Å²) in [5.74, 6) is 0.810. The van der Waals surface area contributed by atoms with Gasteiger partial charge in [0.1, 0.15) is 17.3 Å². The van der Waals surface area contributed by atoms with Gasteiger partial charge in [0.25, 0.3) is 0 Å². The third-order valence-corrected chi connectivity index (χ3v) is 4.73. The maximum Gasteiger partial charge on any atom is 0.433 e. The van der Waals surface area contributed by atoms with Crippen molar-refractivity contribution in [3.05, 3.63) is 17.6 Å². The number of alkyl halides is 3. The number of rotatable bonds is 3. The number of hydrogen-bond acceptors (Lipinski definition) is 4. The van der Waals surface area contributed by atoms with Gasteiger partial charge in [-0.15, -0.1) is 0 Å². The van der Waals surface area contributed by atoms with Crippen molar-refractivity contribution in [3.8, 4) is 0 Å². The Morgan fingerprint density at radius 1 is 1.21 bits per heavy atom. The Balaban J connectivity index is 1.66. The number of piperidine rings is 1. The van der Waals surface area contributed by atoms with Gasteiger partial charge < -0.3 is 9.80 Å². The number of aryl methyl sites for hydroxylation is 1. The molecule has 0 radical (unpaired) electrons. The Hall–Kier alpha value is -1.86. The van der Waals surface area contributed by atoms with E-state index >= 15 is 0 Å². The van der Waals surface area contributed by atoms with E-state index in [0.717, 1.165) is 31.7 Å². The van der Waals surface area contributed by atoms with Crippen LogP contribution in [0, 0.1) is 12.8 Å². The summed E-state index contributed by atoms with van der Waals surface area (Å²) in [6, 6.07) is 1.16. The van der Waals surface area contributed by atoms with E-state index in [0.29, 0.717) is 18.9 Å². The summed E-state index contributed by atoms with van der Waals surface area (Å²) in [6.07, 6.45) is -1.05. The zero-order chi connectivity index (χ0) is 17.5. The fourth-order valence-corrected chi connectivity index (χ4v) is 3.14. The summed E-state index contributed by atoms with van der Waals surface area (Å²) >= 11 is 0. The normalized spacial score (nSPS) is 19.5. The first-order valence-corrected chi connectivity index (χ1v) is 8.20. The molecule has 24 heavy (non-hydrogen) atoms. The molecule has 1 aliphatic carbocycles. The molecule has 2 heterocycles. The first-order chi connectivity index (χ1) is 11.3. The number of hydrogen-bond donors (Lipinski definition) is 0. The number of carbonyl (C=O) groups is 1. The van der Waals surface area contributed by atoms with Gasteiger partial charge in [-0.3, -0.25) is 4.79 Å². The van der Waals surface area contributed by atoms with Crippen molar-refractivity contribution in [1.29, 1.82) is 0 Å². The molecule has 132 valence electrons. The lowest BCUT2D eigenvalue weighted by atomic mass is 10.0. The number of carbonyl (C=O) groups excluding carboxylic acids is 1. The second-order valence-corrected chi connectivity index (χ2v) is 6.60. The maximum atomic E-state index is 12.9. The molecule has 0 aromatic carbocycles. The van der Waals surface area contributed by atoms with Crippen LogP contribution in [0.2, 0.25) is 0 Å². The van der Waals surface area contributed by atoms with Crippen LogP contribution in [0.5, 0.6) is 0 Å². The molecule has 1 saturated heterocycles. The molecule has 0 atom stereocenters. The highest BCUT2D eigenvalue weighted by Crippen LogP contribution is 2.33. The molecule has 1 aliphatic heterocycles. The molecule has 1 saturated carbocycles. The van der Waals surface area contributed by atoms with E-state index in [2.05, 4.69) is 9.97 Å². The zero-order valence-corrected chi connectivity index (χ0v) is 13.8. The van der Waals surface area contributed by atoms with Gasteiger partial charge in [-0.05, 0) is 32.6 Å². The fourth-order valence-electron chi connectivity index (χ4n) is 3.14. The van der Waals surface area contributed by atoms with Crippen LogP contribution in [0.3, 0.4) is 0 Å². The summed E-state index contributed by atoms with van der Waals surface area (Å²) in [7, 11) is 1.83. The molecule has 0 bridgehead atoms. The Labute approximate surface area is 138 Å². The number of anilines is 1. The largest absolute Gasteiger partial charge is 0.433 e. The first kappa shape index (κ1) is 17.0. The summed E-state index contributed by atoms with van der Waals surface area (Å²) in [4.78, 5) is 23.4. The van der Waals surface area contributed by atoms with Gasteiger partial charge >= 0.3 is 6.18 Å². The topological polar surface area (TPSA) is 49.3 Å². The van der Waals surface area contributed by atoms with Crippen LogP contribution in [0.4, 0.5) is 19.0 Å². The van der Waals surface area contributed by atoms with Gasteiger partial charge in [0.2, 0.25) is 5.91 Å². The van der Waals surface area contributed by atoms with E-state index in [1.165, 1.54) is 6.92 Å². The molecule has 0 N–H and O–H groups in total. The van der Waals surface area contributed by atoms with E-state index in [-0.39, 0.29) is 23.7 Å². The molecule has 0 spiro atoms. The summed E-state index contributed by atoms with van der Waals surface area (Å²) in [6.45, 7) is 2.63. The predicted octanol–water partition coefficient (Wildman–Crippen LogP) is 2.64. The standard InChI is InChI=1S/C16H21F3N4O/c1-10-20-13(16(17,18)19)9-14(21-10)23-7-5-12(6-8-23)22(2)15(24)11-3-4-11/h9,11-12H,3-8H2,1-2H3. The van der Waals surface area contributed by atoms with E-state index in [1.54, 1.807) is 0 Å². The van der Waals surface area contributed by atoms with Crippen molar-refractivity contribution < 1.29 is 18.0 Å². The second kappa shape index (κ2) is 6.22. The van der Waals surface area contributed by atoms with Gasteiger partial charge in [-0.2, -0.15) is 13.2 Å². The lowest BCUT2D eigenvalue weighted by Gasteiger charge is -2.37. The lowest BCUT2D eigenvalue weighted by molar-refractivity contribution is -0.141. The molecule has 5 nitrogen and oxygen atoms in total. The highest BCUT2D eigenvalue weighted by atomic mass is 19.4. The zero-order valence-electron chi connectivity index (χ0n) is 13.8. The van der Waals surface area contributed by atoms with E-state index in [9.17, 15) is 18.0 Å². The predicted molar refractivity (Wildman–Crippen MR) is 82.5 cm³/mol. The van der Waals surface area contributed by atoms with Crippen LogP contribution in [-0.2, 0) is 11.0 Å². The van der Waals surface area contributed by atoms with Crippen molar-refractivity contribution in [2.24, 2.45) is 5.92 Å². The van der Waals surface area contributed by atoms with Gasteiger partial charge in [0, 0.05) is 38.2 Å². The maximum absolute atomic E-state index is 12.9. The second-order valence-electron chi connectivity index (χ2n) is 6.60. The summed E-state index contributed by atoms with van der Waals surface area (Å²) < 4.78 is 38.7. The number of nitrogens with zero attached hydrogens (tertiary/aromatic N) is 4. The number of halogens is 3. The molecular weight excluding hydrogens is 321 g/mol. The van der Waals surface area contributed by atoms with Crippen molar-refractivity contribution in [2.75, 3.05) is 25.0 Å². The smallest absolute Gasteiger partial charge is 0.356 e. The van der Waals surface area contributed by atoms with Crippen molar-refractivity contribution in [2.45, 2.75) is 44.8 Å². The molecule has 8 heteroatoms. The van der Waals surface area contributed by atoms with Crippen LogP contribution < -0.4 is 4.90 Å². The minimum absolute atomic E-state index is 0.114. The summed E-state index contributed by atoms with van der Waals surface area (Å²) in [5, 5.41) is 0. The molecule has 2 aliphatic rings. The van der Waals surface area contributed by atoms with Crippen LogP contribution in [-0.4, -0.2) is 47.0 Å². The van der Waals surface area contributed by atoms with E-state index in [1.807, 2.05) is 16.8 Å². The highest BCUT2D eigenvalue weighted by Gasteiger charge is 2.36. The minimum atomic E-state index is -4.47.